The maximum atomic E-state index is 12.8. The number of ether oxygens (including phenoxy) is 2. The average molecular weight is 467 g/mol. The number of rotatable bonds is 10. The highest BCUT2D eigenvalue weighted by molar-refractivity contribution is 5.92. The van der Waals surface area contributed by atoms with E-state index in [9.17, 15) is 14.4 Å². The van der Waals surface area contributed by atoms with Crippen LogP contribution in [0.2, 0.25) is 0 Å². The summed E-state index contributed by atoms with van der Waals surface area (Å²) in [5.74, 6) is -0.617. The van der Waals surface area contributed by atoms with Crippen molar-refractivity contribution in [1.29, 1.82) is 0 Å². The van der Waals surface area contributed by atoms with E-state index >= 15 is 0 Å². The topological polar surface area (TPSA) is 84.9 Å². The van der Waals surface area contributed by atoms with Gasteiger partial charge >= 0.3 is 5.97 Å². The smallest absolute Gasteiger partial charge is 0.308 e. The van der Waals surface area contributed by atoms with Crippen molar-refractivity contribution in [3.8, 4) is 5.75 Å². The lowest BCUT2D eigenvalue weighted by molar-refractivity contribution is -0.152. The lowest BCUT2D eigenvalue weighted by Gasteiger charge is -2.34. The molecule has 7 nitrogen and oxygen atoms in total. The third kappa shape index (κ3) is 6.83. The van der Waals surface area contributed by atoms with E-state index in [-0.39, 0.29) is 36.9 Å². The van der Waals surface area contributed by atoms with Crippen molar-refractivity contribution in [2.75, 3.05) is 26.3 Å². The van der Waals surface area contributed by atoms with E-state index in [1.807, 2.05) is 54.6 Å². The molecule has 1 unspecified atom stereocenters. The van der Waals surface area contributed by atoms with Crippen LogP contribution in [0.5, 0.6) is 5.75 Å². The van der Waals surface area contributed by atoms with Gasteiger partial charge in [-0.3, -0.25) is 14.4 Å². The van der Waals surface area contributed by atoms with Gasteiger partial charge in [-0.2, -0.15) is 0 Å². The number of benzene rings is 2. The molecule has 7 heteroatoms. The Balaban J connectivity index is 1.52. The first kappa shape index (κ1) is 25.3. The van der Waals surface area contributed by atoms with Crippen LogP contribution in [0, 0.1) is 0 Å². The van der Waals surface area contributed by atoms with Gasteiger partial charge in [0.2, 0.25) is 5.91 Å². The Morgan fingerprint density at radius 3 is 2.47 bits per heavy atom. The van der Waals surface area contributed by atoms with E-state index in [2.05, 4.69) is 26.1 Å². The third-order valence-electron chi connectivity index (χ3n) is 6.39. The summed E-state index contributed by atoms with van der Waals surface area (Å²) in [5.41, 5.74) is 2.33. The van der Waals surface area contributed by atoms with Gasteiger partial charge < -0.3 is 19.7 Å². The molecular weight excluding hydrogens is 432 g/mol. The van der Waals surface area contributed by atoms with E-state index in [1.165, 1.54) is 10.5 Å². The summed E-state index contributed by atoms with van der Waals surface area (Å²) >= 11 is 0. The molecule has 0 radical (unpaired) electrons. The van der Waals surface area contributed by atoms with Gasteiger partial charge in [0.25, 0.3) is 5.91 Å². The second-order valence-electron chi connectivity index (χ2n) is 9.10. The van der Waals surface area contributed by atoms with Crippen molar-refractivity contribution in [3.05, 3.63) is 65.7 Å². The number of carbonyl (C=O) groups excluding carboxylic acids is 3. The summed E-state index contributed by atoms with van der Waals surface area (Å²) in [7, 11) is 0. The number of esters is 1. The molecule has 1 aliphatic rings. The average Bonchev–Trinajstić information content (AvgIpc) is 2.84. The summed E-state index contributed by atoms with van der Waals surface area (Å²) in [4.78, 5) is 39.0. The van der Waals surface area contributed by atoms with Gasteiger partial charge in [-0.25, -0.2) is 0 Å². The molecule has 0 aromatic heterocycles. The quantitative estimate of drug-likeness (QED) is 0.544. The lowest BCUT2D eigenvalue weighted by Crippen LogP contribution is -2.58. The van der Waals surface area contributed by atoms with E-state index in [0.717, 1.165) is 12.0 Å². The second-order valence-corrected chi connectivity index (χ2v) is 9.10. The first-order chi connectivity index (χ1) is 16.3. The normalized spacial score (nSPS) is 16.0. The van der Waals surface area contributed by atoms with Gasteiger partial charge in [-0.05, 0) is 35.1 Å². The minimum atomic E-state index is -0.901. The first-order valence-corrected chi connectivity index (χ1v) is 11.8. The fourth-order valence-corrected chi connectivity index (χ4v) is 3.79. The minimum Gasteiger partial charge on any atom is -0.484 e. The Labute approximate surface area is 201 Å². The van der Waals surface area contributed by atoms with Gasteiger partial charge in [0.1, 0.15) is 11.8 Å². The van der Waals surface area contributed by atoms with Crippen LogP contribution in [0.4, 0.5) is 0 Å². The zero-order chi connectivity index (χ0) is 24.6. The molecule has 182 valence electrons. The minimum absolute atomic E-state index is 0.0679. The molecule has 0 bridgehead atoms. The molecular formula is C27H34N2O5. The summed E-state index contributed by atoms with van der Waals surface area (Å²) < 4.78 is 11.0. The molecule has 2 aromatic carbocycles. The predicted molar refractivity (Wildman–Crippen MR) is 129 cm³/mol. The summed E-state index contributed by atoms with van der Waals surface area (Å²) in [6.45, 7) is 7.18. The maximum absolute atomic E-state index is 12.8. The van der Waals surface area contributed by atoms with Gasteiger partial charge in [0.05, 0.1) is 13.0 Å². The highest BCUT2D eigenvalue weighted by atomic mass is 16.5. The van der Waals surface area contributed by atoms with Crippen molar-refractivity contribution in [2.45, 2.75) is 51.5 Å². The fourth-order valence-electron chi connectivity index (χ4n) is 3.79. The highest BCUT2D eigenvalue weighted by Crippen LogP contribution is 2.28. The van der Waals surface area contributed by atoms with Gasteiger partial charge in [-0.15, -0.1) is 0 Å². The van der Waals surface area contributed by atoms with E-state index in [1.54, 1.807) is 0 Å². The Bertz CT molecular complexity index is 972. The van der Waals surface area contributed by atoms with Crippen LogP contribution in [-0.4, -0.2) is 55.0 Å². The Kier molecular flexibility index (Phi) is 8.68. The standard InChI is InChI=1S/C27H34N2O5/c1-4-27(2,3)21-10-12-22(13-11-21)34-19-24(30)29-16-15-28-26(32)23(29)18-25(31)33-17-14-20-8-6-5-7-9-20/h5-13,23H,4,14-19H2,1-3H3,(H,28,32). The number of nitrogens with zero attached hydrogens (tertiary/aromatic N) is 1. The molecule has 1 aliphatic heterocycles. The van der Waals surface area contributed by atoms with Crippen molar-refractivity contribution in [2.24, 2.45) is 0 Å². The number of nitrogens with one attached hydrogen (secondary N) is 1. The number of piperazine rings is 1. The molecule has 1 saturated heterocycles. The second kappa shape index (κ2) is 11.7. The number of hydrogen-bond acceptors (Lipinski definition) is 5. The molecule has 34 heavy (non-hydrogen) atoms. The van der Waals surface area contributed by atoms with Crippen LogP contribution in [0.3, 0.4) is 0 Å². The van der Waals surface area contributed by atoms with Crippen molar-refractivity contribution < 1.29 is 23.9 Å². The molecule has 0 spiro atoms. The van der Waals surface area contributed by atoms with Crippen molar-refractivity contribution in [1.82, 2.24) is 10.2 Å². The molecule has 1 atom stereocenters. The molecule has 1 fully saturated rings. The SMILES string of the molecule is CCC(C)(C)c1ccc(OCC(=O)N2CCNC(=O)C2CC(=O)OCCc2ccccc2)cc1. The summed E-state index contributed by atoms with van der Waals surface area (Å²) in [6.07, 6.45) is 1.42. The maximum Gasteiger partial charge on any atom is 0.308 e. The molecule has 3 rings (SSSR count). The number of carbonyl (C=O) groups is 3. The fraction of sp³-hybridized carbons (Fsp3) is 0.444. The van der Waals surface area contributed by atoms with Gasteiger partial charge in [0.15, 0.2) is 6.61 Å². The van der Waals surface area contributed by atoms with Crippen molar-refractivity contribution >= 4 is 17.8 Å². The Hall–Kier alpha value is -3.35. The van der Waals surface area contributed by atoms with Gasteiger partial charge in [0, 0.05) is 19.5 Å². The van der Waals surface area contributed by atoms with Crippen LogP contribution < -0.4 is 10.1 Å². The molecule has 0 aliphatic carbocycles. The monoisotopic (exact) mass is 466 g/mol. The van der Waals surface area contributed by atoms with Gasteiger partial charge in [-0.1, -0.05) is 63.2 Å². The molecule has 1 N–H and O–H groups in total. The Morgan fingerprint density at radius 2 is 1.79 bits per heavy atom. The van der Waals surface area contributed by atoms with Crippen LogP contribution in [0.1, 0.15) is 44.7 Å². The largest absolute Gasteiger partial charge is 0.484 e. The van der Waals surface area contributed by atoms with E-state index in [4.69, 9.17) is 9.47 Å². The van der Waals surface area contributed by atoms with Crippen molar-refractivity contribution in [3.63, 3.8) is 0 Å². The molecule has 2 aromatic rings. The molecule has 2 amide bonds. The number of hydrogen-bond donors (Lipinski definition) is 1. The highest BCUT2D eigenvalue weighted by Gasteiger charge is 2.35. The summed E-state index contributed by atoms with van der Waals surface area (Å²) in [5, 5.41) is 2.72. The zero-order valence-electron chi connectivity index (χ0n) is 20.2. The van der Waals surface area contributed by atoms with Crippen LogP contribution >= 0.6 is 0 Å². The zero-order valence-corrected chi connectivity index (χ0v) is 20.2. The van der Waals surface area contributed by atoms with Crippen LogP contribution in [0.25, 0.3) is 0 Å². The van der Waals surface area contributed by atoms with E-state index < -0.39 is 12.0 Å². The molecule has 1 heterocycles. The number of amides is 2. The Morgan fingerprint density at radius 1 is 1.09 bits per heavy atom. The predicted octanol–water partition coefficient (Wildman–Crippen LogP) is 3.26. The van der Waals surface area contributed by atoms with Crippen LogP contribution in [0.15, 0.2) is 54.6 Å². The first-order valence-electron chi connectivity index (χ1n) is 11.8. The third-order valence-corrected chi connectivity index (χ3v) is 6.39. The summed E-state index contributed by atoms with van der Waals surface area (Å²) in [6, 6.07) is 16.5. The van der Waals surface area contributed by atoms with Crippen LogP contribution in [-0.2, 0) is 31.0 Å². The lowest BCUT2D eigenvalue weighted by atomic mass is 9.82. The van der Waals surface area contributed by atoms with E-state index in [0.29, 0.717) is 25.3 Å². The molecule has 0 saturated carbocycles.